The van der Waals surface area contributed by atoms with Gasteiger partial charge in [-0.2, -0.15) is 0 Å². The van der Waals surface area contributed by atoms with Gasteiger partial charge in [-0.15, -0.1) is 0 Å². The molecular formula is C20H17ClFN3O2. The quantitative estimate of drug-likeness (QED) is 0.676. The molecule has 0 bridgehead atoms. The summed E-state index contributed by atoms with van der Waals surface area (Å²) in [5, 5.41) is 0.484. The number of halogens is 2. The van der Waals surface area contributed by atoms with E-state index in [4.69, 9.17) is 11.6 Å². The normalized spacial score (nSPS) is 17.3. The van der Waals surface area contributed by atoms with Crippen LogP contribution in [0, 0.1) is 5.82 Å². The van der Waals surface area contributed by atoms with Crippen molar-refractivity contribution in [3.63, 3.8) is 0 Å². The van der Waals surface area contributed by atoms with E-state index in [2.05, 4.69) is 4.98 Å². The molecule has 1 fully saturated rings. The number of carbonyl (C=O) groups excluding carboxylic acids is 1. The number of hydrogen-bond acceptors (Lipinski definition) is 3. The van der Waals surface area contributed by atoms with Crippen LogP contribution in [0.5, 0.6) is 0 Å². The van der Waals surface area contributed by atoms with Crippen molar-refractivity contribution in [2.24, 2.45) is 0 Å². The van der Waals surface area contributed by atoms with Crippen LogP contribution >= 0.6 is 11.6 Å². The molecule has 1 saturated heterocycles. The lowest BCUT2D eigenvalue weighted by molar-refractivity contribution is 0.0677. The molecule has 5 nitrogen and oxygen atoms in total. The molecule has 1 aliphatic rings. The third-order valence-corrected chi connectivity index (χ3v) is 5.22. The molecule has 0 radical (unpaired) electrons. The first-order valence-corrected chi connectivity index (χ1v) is 9.12. The van der Waals surface area contributed by atoms with Crippen molar-refractivity contribution >= 4 is 28.4 Å². The van der Waals surface area contributed by atoms with Gasteiger partial charge in [-0.25, -0.2) is 9.37 Å². The molecule has 1 aromatic heterocycles. The van der Waals surface area contributed by atoms with Crippen LogP contribution in [0.2, 0.25) is 5.02 Å². The van der Waals surface area contributed by atoms with Gasteiger partial charge in [0.25, 0.3) is 11.5 Å². The molecule has 0 unspecified atom stereocenters. The molecule has 1 aliphatic heterocycles. The van der Waals surface area contributed by atoms with Crippen LogP contribution in [0.3, 0.4) is 0 Å². The highest BCUT2D eigenvalue weighted by atomic mass is 35.5. The van der Waals surface area contributed by atoms with Crippen LogP contribution < -0.4 is 5.56 Å². The third-order valence-electron chi connectivity index (χ3n) is 4.93. The fourth-order valence-electron chi connectivity index (χ4n) is 3.52. The van der Waals surface area contributed by atoms with Gasteiger partial charge in [0, 0.05) is 18.7 Å². The van der Waals surface area contributed by atoms with Crippen molar-refractivity contribution in [2.75, 3.05) is 13.1 Å². The second-order valence-electron chi connectivity index (χ2n) is 6.65. The van der Waals surface area contributed by atoms with Crippen LogP contribution in [0.15, 0.2) is 53.6 Å². The Kier molecular flexibility index (Phi) is 4.66. The zero-order chi connectivity index (χ0) is 19.0. The van der Waals surface area contributed by atoms with E-state index in [0.717, 1.165) is 12.8 Å². The van der Waals surface area contributed by atoms with Gasteiger partial charge in [0.2, 0.25) is 0 Å². The number of nitrogens with zero attached hydrogens (tertiary/aromatic N) is 3. The Bertz CT molecular complexity index is 1080. The van der Waals surface area contributed by atoms with Crippen molar-refractivity contribution in [1.29, 1.82) is 0 Å². The fraction of sp³-hybridized carbons (Fsp3) is 0.250. The Morgan fingerprint density at radius 2 is 2.04 bits per heavy atom. The number of aromatic nitrogens is 2. The minimum absolute atomic E-state index is 0.0793. The van der Waals surface area contributed by atoms with E-state index in [9.17, 15) is 14.0 Å². The first kappa shape index (κ1) is 17.7. The van der Waals surface area contributed by atoms with E-state index in [1.54, 1.807) is 27.9 Å². The summed E-state index contributed by atoms with van der Waals surface area (Å²) in [6.07, 6.45) is 3.11. The molecule has 2 heterocycles. The lowest BCUT2D eigenvalue weighted by Gasteiger charge is -2.33. The smallest absolute Gasteiger partial charge is 0.261 e. The predicted octanol–water partition coefficient (Wildman–Crippen LogP) is 3.67. The average molecular weight is 386 g/mol. The van der Waals surface area contributed by atoms with Gasteiger partial charge in [-0.05, 0) is 43.2 Å². The van der Waals surface area contributed by atoms with Crippen molar-refractivity contribution in [1.82, 2.24) is 14.5 Å². The molecule has 0 saturated carbocycles. The highest BCUT2D eigenvalue weighted by Crippen LogP contribution is 2.24. The largest absolute Gasteiger partial charge is 0.337 e. The van der Waals surface area contributed by atoms with E-state index in [0.29, 0.717) is 29.6 Å². The van der Waals surface area contributed by atoms with Crippen molar-refractivity contribution in [3.8, 4) is 0 Å². The molecule has 7 heteroatoms. The lowest BCUT2D eigenvalue weighted by Crippen LogP contribution is -2.43. The Hall–Kier alpha value is -2.73. The predicted molar refractivity (Wildman–Crippen MR) is 102 cm³/mol. The van der Waals surface area contributed by atoms with Gasteiger partial charge < -0.3 is 4.90 Å². The van der Waals surface area contributed by atoms with Crippen LogP contribution in [0.25, 0.3) is 10.9 Å². The number of rotatable bonds is 2. The van der Waals surface area contributed by atoms with Gasteiger partial charge in [-0.1, -0.05) is 23.7 Å². The van der Waals surface area contributed by atoms with Crippen molar-refractivity contribution in [3.05, 3.63) is 75.5 Å². The Balaban J connectivity index is 1.61. The lowest BCUT2D eigenvalue weighted by atomic mass is 10.0. The molecule has 138 valence electrons. The first-order chi connectivity index (χ1) is 13.0. The monoisotopic (exact) mass is 385 g/mol. The minimum Gasteiger partial charge on any atom is -0.337 e. The number of hydrogen-bond donors (Lipinski definition) is 0. The average Bonchev–Trinajstić information content (AvgIpc) is 2.70. The van der Waals surface area contributed by atoms with E-state index >= 15 is 0 Å². The van der Waals surface area contributed by atoms with Gasteiger partial charge in [0.1, 0.15) is 5.82 Å². The van der Waals surface area contributed by atoms with Crippen LogP contribution in [-0.4, -0.2) is 33.4 Å². The van der Waals surface area contributed by atoms with E-state index in [1.165, 1.54) is 18.2 Å². The molecule has 3 aromatic rings. The summed E-state index contributed by atoms with van der Waals surface area (Å²) >= 11 is 5.80. The van der Waals surface area contributed by atoms with Crippen LogP contribution in [-0.2, 0) is 0 Å². The minimum atomic E-state index is -0.557. The highest BCUT2D eigenvalue weighted by molar-refractivity contribution is 6.31. The Labute approximate surface area is 160 Å². The fourth-order valence-corrected chi connectivity index (χ4v) is 3.70. The Morgan fingerprint density at radius 3 is 2.85 bits per heavy atom. The summed E-state index contributed by atoms with van der Waals surface area (Å²) in [6, 6.07) is 11.0. The van der Waals surface area contributed by atoms with Crippen LogP contribution in [0.1, 0.15) is 29.2 Å². The molecule has 1 amide bonds. The zero-order valence-corrected chi connectivity index (χ0v) is 15.2. The van der Waals surface area contributed by atoms with Crippen LogP contribution in [0.4, 0.5) is 4.39 Å². The molecular weight excluding hydrogens is 369 g/mol. The van der Waals surface area contributed by atoms with Crippen molar-refractivity contribution in [2.45, 2.75) is 18.9 Å². The maximum atomic E-state index is 13.4. The number of fused-ring (bicyclic) bond motifs is 1. The maximum Gasteiger partial charge on any atom is 0.261 e. The van der Waals surface area contributed by atoms with Gasteiger partial charge in [0.05, 0.1) is 28.3 Å². The van der Waals surface area contributed by atoms with E-state index in [-0.39, 0.29) is 22.5 Å². The molecule has 27 heavy (non-hydrogen) atoms. The summed E-state index contributed by atoms with van der Waals surface area (Å²) in [5.74, 6) is -0.776. The third kappa shape index (κ3) is 3.32. The zero-order valence-electron chi connectivity index (χ0n) is 14.4. The maximum absolute atomic E-state index is 13.4. The van der Waals surface area contributed by atoms with Crippen molar-refractivity contribution < 1.29 is 9.18 Å². The summed E-state index contributed by atoms with van der Waals surface area (Å²) < 4.78 is 15.0. The molecule has 0 N–H and O–H groups in total. The van der Waals surface area contributed by atoms with Gasteiger partial charge in [-0.3, -0.25) is 14.2 Å². The van der Waals surface area contributed by atoms with Gasteiger partial charge >= 0.3 is 0 Å². The standard InChI is InChI=1S/C20H17ClFN3O2/c21-16-10-13(7-8-17(16)22)19(26)24-9-3-4-14(11-24)25-12-23-18-6-2-1-5-15(18)20(25)27/h1-2,5-8,10,12,14H,3-4,9,11H2/t14-/m1/s1. The molecule has 4 rings (SSSR count). The number of benzene rings is 2. The molecule has 0 spiro atoms. The summed E-state index contributed by atoms with van der Waals surface area (Å²) in [5.41, 5.74) is 0.888. The Morgan fingerprint density at radius 1 is 1.22 bits per heavy atom. The topological polar surface area (TPSA) is 55.2 Å². The van der Waals surface area contributed by atoms with E-state index in [1.807, 2.05) is 12.1 Å². The number of likely N-dealkylation sites (tertiary alicyclic amines) is 1. The summed E-state index contributed by atoms with van der Waals surface area (Å²) in [6.45, 7) is 0.980. The summed E-state index contributed by atoms with van der Waals surface area (Å²) in [4.78, 5) is 31.6. The second-order valence-corrected chi connectivity index (χ2v) is 7.06. The second kappa shape index (κ2) is 7.12. The number of carbonyl (C=O) groups is 1. The molecule has 0 aliphatic carbocycles. The molecule has 2 aromatic carbocycles. The van der Waals surface area contributed by atoms with E-state index < -0.39 is 5.82 Å². The number of piperidine rings is 1. The first-order valence-electron chi connectivity index (χ1n) is 8.75. The summed E-state index contributed by atoms with van der Waals surface area (Å²) in [7, 11) is 0. The highest BCUT2D eigenvalue weighted by Gasteiger charge is 2.27. The molecule has 1 atom stereocenters. The number of para-hydroxylation sites is 1. The number of amides is 1. The van der Waals surface area contributed by atoms with Gasteiger partial charge in [0.15, 0.2) is 0 Å². The SMILES string of the molecule is O=C(c1ccc(F)c(Cl)c1)N1CCC[C@@H](n2cnc3ccccc3c2=O)C1.